The summed E-state index contributed by atoms with van der Waals surface area (Å²) < 4.78 is 0. The molecule has 1 saturated heterocycles. The maximum absolute atomic E-state index is 12.6. The summed E-state index contributed by atoms with van der Waals surface area (Å²) >= 11 is 0. The van der Waals surface area contributed by atoms with E-state index < -0.39 is 11.5 Å². The van der Waals surface area contributed by atoms with Crippen molar-refractivity contribution >= 4 is 12.0 Å². The second-order valence-corrected chi connectivity index (χ2v) is 6.51. The van der Waals surface area contributed by atoms with Crippen molar-refractivity contribution in [3.05, 3.63) is 0 Å². The number of carboxylic acid groups (broad SMARTS) is 1. The largest absolute Gasteiger partial charge is 0.480 e. The summed E-state index contributed by atoms with van der Waals surface area (Å²) in [7, 11) is 0. The molecule has 0 bridgehead atoms. The number of nitrogens with zero attached hydrogens (tertiary/aromatic N) is 1. The third kappa shape index (κ3) is 3.69. The van der Waals surface area contributed by atoms with Gasteiger partial charge in [-0.1, -0.05) is 32.6 Å². The Bertz CT molecular complexity index is 376. The minimum Gasteiger partial charge on any atom is -0.480 e. The Kier molecular flexibility index (Phi) is 5.48. The Balaban J connectivity index is 2.05. The topological polar surface area (TPSA) is 69.6 Å². The zero-order chi connectivity index (χ0) is 15.3. The van der Waals surface area contributed by atoms with Gasteiger partial charge in [0.25, 0.3) is 0 Å². The second kappa shape index (κ2) is 7.14. The zero-order valence-electron chi connectivity index (χ0n) is 13.1. The third-order valence-electron chi connectivity index (χ3n) is 4.97. The SMILES string of the molecule is CCCC1CCCCN1C(=O)NC1(C(=O)O)CCCCC1. The normalized spacial score (nSPS) is 25.4. The van der Waals surface area contributed by atoms with Crippen molar-refractivity contribution in [3.63, 3.8) is 0 Å². The number of nitrogens with one attached hydrogen (secondary N) is 1. The van der Waals surface area contributed by atoms with E-state index in [0.29, 0.717) is 12.8 Å². The van der Waals surface area contributed by atoms with Crippen LogP contribution in [0, 0.1) is 0 Å². The average molecular weight is 296 g/mol. The van der Waals surface area contributed by atoms with Crippen molar-refractivity contribution < 1.29 is 14.7 Å². The van der Waals surface area contributed by atoms with E-state index in [1.54, 1.807) is 0 Å². The third-order valence-corrected chi connectivity index (χ3v) is 4.97. The van der Waals surface area contributed by atoms with Crippen molar-refractivity contribution in [2.75, 3.05) is 6.54 Å². The number of carboxylic acids is 1. The number of piperidine rings is 1. The van der Waals surface area contributed by atoms with Crippen LogP contribution < -0.4 is 5.32 Å². The molecule has 2 aliphatic rings. The monoisotopic (exact) mass is 296 g/mol. The maximum atomic E-state index is 12.6. The van der Waals surface area contributed by atoms with Crippen LogP contribution in [0.25, 0.3) is 0 Å². The van der Waals surface area contributed by atoms with Gasteiger partial charge in [0.15, 0.2) is 0 Å². The molecular weight excluding hydrogens is 268 g/mol. The Morgan fingerprint density at radius 1 is 1.19 bits per heavy atom. The van der Waals surface area contributed by atoms with Crippen LogP contribution >= 0.6 is 0 Å². The molecule has 1 heterocycles. The summed E-state index contributed by atoms with van der Waals surface area (Å²) in [6, 6.07) is 0.107. The molecule has 1 saturated carbocycles. The molecule has 1 atom stereocenters. The minimum absolute atomic E-state index is 0.169. The van der Waals surface area contributed by atoms with Crippen LogP contribution in [0.1, 0.15) is 71.1 Å². The lowest BCUT2D eigenvalue weighted by Crippen LogP contribution is -2.60. The van der Waals surface area contributed by atoms with E-state index in [0.717, 1.165) is 51.5 Å². The number of hydrogen-bond acceptors (Lipinski definition) is 2. The molecule has 5 nitrogen and oxygen atoms in total. The highest BCUT2D eigenvalue weighted by molar-refractivity contribution is 5.86. The molecule has 2 N–H and O–H groups in total. The van der Waals surface area contributed by atoms with Gasteiger partial charge >= 0.3 is 12.0 Å². The first kappa shape index (κ1) is 16.1. The molecule has 2 fully saturated rings. The summed E-state index contributed by atoms with van der Waals surface area (Å²) in [4.78, 5) is 26.2. The van der Waals surface area contributed by atoms with Crippen LogP contribution in [0.5, 0.6) is 0 Å². The molecule has 21 heavy (non-hydrogen) atoms. The van der Waals surface area contributed by atoms with Crippen LogP contribution in [0.3, 0.4) is 0 Å². The highest BCUT2D eigenvalue weighted by Gasteiger charge is 2.42. The first-order valence-electron chi connectivity index (χ1n) is 8.41. The van der Waals surface area contributed by atoms with Gasteiger partial charge < -0.3 is 15.3 Å². The zero-order valence-corrected chi connectivity index (χ0v) is 13.1. The van der Waals surface area contributed by atoms with E-state index in [2.05, 4.69) is 12.2 Å². The Labute approximate surface area is 127 Å². The lowest BCUT2D eigenvalue weighted by Gasteiger charge is -2.40. The van der Waals surface area contributed by atoms with Gasteiger partial charge in [0.1, 0.15) is 5.54 Å². The van der Waals surface area contributed by atoms with Gasteiger partial charge in [0.2, 0.25) is 0 Å². The quantitative estimate of drug-likeness (QED) is 0.837. The van der Waals surface area contributed by atoms with Gasteiger partial charge in [-0.2, -0.15) is 0 Å². The highest BCUT2D eigenvalue weighted by Crippen LogP contribution is 2.29. The fourth-order valence-corrected chi connectivity index (χ4v) is 3.73. The number of urea groups is 1. The summed E-state index contributed by atoms with van der Waals surface area (Å²) in [6.45, 7) is 2.89. The van der Waals surface area contributed by atoms with Crippen LogP contribution in [0.2, 0.25) is 0 Å². The molecule has 2 amide bonds. The number of hydrogen-bond donors (Lipinski definition) is 2. The van der Waals surface area contributed by atoms with Crippen molar-refractivity contribution in [3.8, 4) is 0 Å². The summed E-state index contributed by atoms with van der Waals surface area (Å²) in [5.41, 5.74) is -1.04. The lowest BCUT2D eigenvalue weighted by molar-refractivity contribution is -0.146. The minimum atomic E-state index is -1.04. The van der Waals surface area contributed by atoms with Gasteiger partial charge in [0.05, 0.1) is 0 Å². The first-order chi connectivity index (χ1) is 10.1. The fraction of sp³-hybridized carbons (Fsp3) is 0.875. The number of carbonyl (C=O) groups excluding carboxylic acids is 1. The number of carbonyl (C=O) groups is 2. The number of rotatable bonds is 4. The van der Waals surface area contributed by atoms with Gasteiger partial charge in [-0.3, -0.25) is 0 Å². The molecule has 1 unspecified atom stereocenters. The molecule has 1 aliphatic carbocycles. The van der Waals surface area contributed by atoms with Crippen LogP contribution in [0.4, 0.5) is 4.79 Å². The van der Waals surface area contributed by atoms with Crippen molar-refractivity contribution in [2.24, 2.45) is 0 Å². The molecule has 120 valence electrons. The molecule has 1 aliphatic heterocycles. The van der Waals surface area contributed by atoms with E-state index in [1.807, 2.05) is 4.90 Å². The van der Waals surface area contributed by atoms with E-state index in [9.17, 15) is 14.7 Å². The Morgan fingerprint density at radius 2 is 1.90 bits per heavy atom. The Morgan fingerprint density at radius 3 is 2.52 bits per heavy atom. The molecule has 0 aromatic carbocycles. The van der Waals surface area contributed by atoms with E-state index in [-0.39, 0.29) is 12.1 Å². The van der Waals surface area contributed by atoms with Gasteiger partial charge in [-0.05, 0) is 38.5 Å². The number of aliphatic carboxylic acids is 1. The molecule has 0 aromatic heterocycles. The second-order valence-electron chi connectivity index (χ2n) is 6.51. The van der Waals surface area contributed by atoms with Crippen LogP contribution in [0.15, 0.2) is 0 Å². The standard InChI is InChI=1S/C16H28N2O3/c1-2-8-13-9-4-7-12-18(13)15(21)17-16(14(19)20)10-5-3-6-11-16/h13H,2-12H2,1H3,(H,17,21)(H,19,20). The van der Waals surface area contributed by atoms with Crippen molar-refractivity contribution in [1.29, 1.82) is 0 Å². The molecule has 5 heteroatoms. The lowest BCUT2D eigenvalue weighted by atomic mass is 9.81. The number of amides is 2. The highest BCUT2D eigenvalue weighted by atomic mass is 16.4. The predicted molar refractivity (Wildman–Crippen MR) is 81.2 cm³/mol. The average Bonchev–Trinajstić information content (AvgIpc) is 2.49. The van der Waals surface area contributed by atoms with E-state index >= 15 is 0 Å². The van der Waals surface area contributed by atoms with Gasteiger partial charge in [-0.15, -0.1) is 0 Å². The maximum Gasteiger partial charge on any atom is 0.329 e. The molecule has 2 rings (SSSR count). The van der Waals surface area contributed by atoms with Crippen LogP contribution in [-0.4, -0.2) is 40.1 Å². The summed E-state index contributed by atoms with van der Waals surface area (Å²) in [5.74, 6) is -0.875. The molecule has 0 spiro atoms. The van der Waals surface area contributed by atoms with Gasteiger partial charge in [0, 0.05) is 12.6 Å². The molecular formula is C16H28N2O3. The first-order valence-corrected chi connectivity index (χ1v) is 8.41. The summed E-state index contributed by atoms with van der Waals surface area (Å²) in [6.07, 6.45) is 9.23. The smallest absolute Gasteiger partial charge is 0.329 e. The van der Waals surface area contributed by atoms with E-state index in [1.165, 1.54) is 6.42 Å². The van der Waals surface area contributed by atoms with Gasteiger partial charge in [-0.25, -0.2) is 9.59 Å². The van der Waals surface area contributed by atoms with Crippen molar-refractivity contribution in [1.82, 2.24) is 10.2 Å². The molecule has 0 aromatic rings. The fourth-order valence-electron chi connectivity index (χ4n) is 3.73. The van der Waals surface area contributed by atoms with E-state index in [4.69, 9.17) is 0 Å². The van der Waals surface area contributed by atoms with Crippen LogP contribution in [-0.2, 0) is 4.79 Å². The number of likely N-dealkylation sites (tertiary alicyclic amines) is 1. The summed E-state index contributed by atoms with van der Waals surface area (Å²) in [5, 5.41) is 12.4. The Hall–Kier alpha value is -1.26. The predicted octanol–water partition coefficient (Wildman–Crippen LogP) is 3.14. The van der Waals surface area contributed by atoms with Crippen molar-refractivity contribution in [2.45, 2.75) is 82.7 Å². The molecule has 0 radical (unpaired) electrons.